The van der Waals surface area contributed by atoms with Crippen LogP contribution in [0.2, 0.25) is 0 Å². The first-order valence-corrected chi connectivity index (χ1v) is 6.57. The minimum absolute atomic E-state index is 0.164. The SMILES string of the molecule is Nc1cc(=O)[nH]c(=O)n1CCc1cccc2cccnc12. The topological polar surface area (TPSA) is 93.8 Å². The molecule has 3 aromatic rings. The number of nitrogens with one attached hydrogen (secondary N) is 1. The highest BCUT2D eigenvalue weighted by atomic mass is 16.2. The van der Waals surface area contributed by atoms with Crippen molar-refractivity contribution in [3.63, 3.8) is 0 Å². The van der Waals surface area contributed by atoms with Crippen LogP contribution in [0.1, 0.15) is 5.56 Å². The number of hydrogen-bond acceptors (Lipinski definition) is 4. The highest BCUT2D eigenvalue weighted by molar-refractivity contribution is 5.81. The standard InChI is InChI=1S/C15H14N4O2/c16-12-9-13(20)18-15(21)19(12)8-6-11-4-1-3-10-5-2-7-17-14(10)11/h1-5,7,9H,6,8,16H2,(H,18,20,21). The van der Waals surface area contributed by atoms with E-state index in [0.29, 0.717) is 13.0 Å². The van der Waals surface area contributed by atoms with Gasteiger partial charge in [-0.1, -0.05) is 24.3 Å². The molecule has 106 valence electrons. The minimum atomic E-state index is -0.492. The Morgan fingerprint density at radius 2 is 2.00 bits per heavy atom. The van der Waals surface area contributed by atoms with Crippen molar-refractivity contribution in [3.8, 4) is 0 Å². The first-order valence-electron chi connectivity index (χ1n) is 6.57. The maximum Gasteiger partial charge on any atom is 0.329 e. The number of pyridine rings is 1. The van der Waals surface area contributed by atoms with Crippen molar-refractivity contribution in [3.05, 3.63) is 69.0 Å². The summed E-state index contributed by atoms with van der Waals surface area (Å²) in [4.78, 5) is 29.5. The molecule has 0 atom stereocenters. The van der Waals surface area contributed by atoms with Gasteiger partial charge in [0.1, 0.15) is 5.82 Å². The molecule has 0 bridgehead atoms. The van der Waals surface area contributed by atoms with E-state index in [1.165, 1.54) is 10.6 Å². The van der Waals surface area contributed by atoms with Crippen LogP contribution in [-0.2, 0) is 13.0 Å². The Labute approximate surface area is 119 Å². The number of aromatic nitrogens is 3. The third-order valence-electron chi connectivity index (χ3n) is 3.39. The Bertz CT molecular complexity index is 906. The number of rotatable bonds is 3. The van der Waals surface area contributed by atoms with Crippen molar-refractivity contribution in [1.82, 2.24) is 14.5 Å². The molecule has 1 aromatic carbocycles. The van der Waals surface area contributed by atoms with Gasteiger partial charge in [0.15, 0.2) is 0 Å². The monoisotopic (exact) mass is 282 g/mol. The second-order valence-electron chi connectivity index (χ2n) is 4.76. The van der Waals surface area contributed by atoms with E-state index >= 15 is 0 Å². The number of para-hydroxylation sites is 1. The van der Waals surface area contributed by atoms with E-state index < -0.39 is 11.2 Å². The van der Waals surface area contributed by atoms with Crippen LogP contribution in [0.4, 0.5) is 5.82 Å². The molecule has 6 nitrogen and oxygen atoms in total. The van der Waals surface area contributed by atoms with Gasteiger partial charge < -0.3 is 5.73 Å². The molecule has 0 aliphatic carbocycles. The summed E-state index contributed by atoms with van der Waals surface area (Å²) in [5, 5.41) is 1.05. The van der Waals surface area contributed by atoms with Gasteiger partial charge in [-0.05, 0) is 18.1 Å². The van der Waals surface area contributed by atoms with Gasteiger partial charge in [-0.25, -0.2) is 4.79 Å². The normalized spacial score (nSPS) is 10.9. The number of aryl methyl sites for hydroxylation is 1. The Morgan fingerprint density at radius 1 is 1.19 bits per heavy atom. The van der Waals surface area contributed by atoms with Crippen molar-refractivity contribution >= 4 is 16.7 Å². The van der Waals surface area contributed by atoms with Crippen LogP contribution in [0.5, 0.6) is 0 Å². The molecule has 0 saturated carbocycles. The number of fused-ring (bicyclic) bond motifs is 1. The van der Waals surface area contributed by atoms with Crippen LogP contribution in [-0.4, -0.2) is 14.5 Å². The molecule has 0 spiro atoms. The van der Waals surface area contributed by atoms with Gasteiger partial charge in [-0.3, -0.25) is 19.3 Å². The zero-order valence-corrected chi connectivity index (χ0v) is 11.2. The van der Waals surface area contributed by atoms with Crippen LogP contribution in [0.3, 0.4) is 0 Å². The Balaban J connectivity index is 1.94. The summed E-state index contributed by atoms with van der Waals surface area (Å²) in [6, 6.07) is 11.0. The summed E-state index contributed by atoms with van der Waals surface area (Å²) in [5.74, 6) is 0.164. The maximum atomic E-state index is 11.8. The van der Waals surface area contributed by atoms with Gasteiger partial charge in [0.05, 0.1) is 5.52 Å². The average Bonchev–Trinajstić information content (AvgIpc) is 2.46. The second-order valence-corrected chi connectivity index (χ2v) is 4.76. The summed E-state index contributed by atoms with van der Waals surface area (Å²) in [6.45, 7) is 0.386. The molecule has 6 heteroatoms. The van der Waals surface area contributed by atoms with E-state index in [1.807, 2.05) is 30.3 Å². The van der Waals surface area contributed by atoms with Crippen molar-refractivity contribution in [2.24, 2.45) is 0 Å². The molecular weight excluding hydrogens is 268 g/mol. The molecule has 3 N–H and O–H groups in total. The number of benzene rings is 1. The molecule has 21 heavy (non-hydrogen) atoms. The van der Waals surface area contributed by atoms with Crippen molar-refractivity contribution in [2.75, 3.05) is 5.73 Å². The molecule has 0 unspecified atom stereocenters. The lowest BCUT2D eigenvalue weighted by atomic mass is 10.1. The van der Waals surface area contributed by atoms with Crippen molar-refractivity contribution < 1.29 is 0 Å². The molecule has 0 aliphatic heterocycles. The first kappa shape index (κ1) is 13.1. The molecule has 0 radical (unpaired) electrons. The molecule has 0 fully saturated rings. The maximum absolute atomic E-state index is 11.8. The summed E-state index contributed by atoms with van der Waals surface area (Å²) in [7, 11) is 0. The zero-order chi connectivity index (χ0) is 14.8. The first-order chi connectivity index (χ1) is 10.1. The lowest BCUT2D eigenvalue weighted by Gasteiger charge is -2.09. The zero-order valence-electron chi connectivity index (χ0n) is 11.2. The van der Waals surface area contributed by atoms with E-state index in [1.54, 1.807) is 6.20 Å². The molecule has 0 amide bonds. The van der Waals surface area contributed by atoms with E-state index in [4.69, 9.17) is 5.73 Å². The fourth-order valence-electron chi connectivity index (χ4n) is 2.37. The Kier molecular flexibility index (Phi) is 3.27. The van der Waals surface area contributed by atoms with E-state index in [0.717, 1.165) is 16.5 Å². The molecule has 0 aliphatic rings. The van der Waals surface area contributed by atoms with Crippen LogP contribution in [0, 0.1) is 0 Å². The average molecular weight is 282 g/mol. The number of H-pyrrole nitrogens is 1. The fourth-order valence-corrected chi connectivity index (χ4v) is 2.37. The quantitative estimate of drug-likeness (QED) is 0.746. The second kappa shape index (κ2) is 5.24. The molecule has 3 rings (SSSR count). The van der Waals surface area contributed by atoms with Gasteiger partial charge in [0.25, 0.3) is 5.56 Å². The highest BCUT2D eigenvalue weighted by Gasteiger charge is 2.06. The third kappa shape index (κ3) is 2.55. The summed E-state index contributed by atoms with van der Waals surface area (Å²) in [5.41, 5.74) is 6.69. The number of nitrogens with zero attached hydrogens (tertiary/aromatic N) is 2. The summed E-state index contributed by atoms with van der Waals surface area (Å²) >= 11 is 0. The highest BCUT2D eigenvalue weighted by Crippen LogP contribution is 2.16. The Morgan fingerprint density at radius 3 is 2.81 bits per heavy atom. The third-order valence-corrected chi connectivity index (χ3v) is 3.39. The van der Waals surface area contributed by atoms with Crippen LogP contribution >= 0.6 is 0 Å². The number of nitrogen functional groups attached to an aromatic ring is 1. The predicted octanol–water partition coefficient (Wildman–Crippen LogP) is 0.910. The van der Waals surface area contributed by atoms with Crippen LogP contribution in [0.25, 0.3) is 10.9 Å². The van der Waals surface area contributed by atoms with Crippen molar-refractivity contribution in [2.45, 2.75) is 13.0 Å². The minimum Gasteiger partial charge on any atom is -0.385 e. The van der Waals surface area contributed by atoms with Crippen LogP contribution in [0.15, 0.2) is 52.2 Å². The predicted molar refractivity (Wildman–Crippen MR) is 81.2 cm³/mol. The van der Waals surface area contributed by atoms with Gasteiger partial charge in [0.2, 0.25) is 0 Å². The molecule has 2 heterocycles. The van der Waals surface area contributed by atoms with Gasteiger partial charge in [0, 0.05) is 24.2 Å². The molecule has 2 aromatic heterocycles. The number of nitrogens with two attached hydrogens (primary N) is 1. The number of hydrogen-bond donors (Lipinski definition) is 2. The smallest absolute Gasteiger partial charge is 0.329 e. The van der Waals surface area contributed by atoms with Crippen molar-refractivity contribution in [1.29, 1.82) is 0 Å². The number of aromatic amines is 1. The summed E-state index contributed by atoms with van der Waals surface area (Å²) in [6.07, 6.45) is 2.34. The lowest BCUT2D eigenvalue weighted by Crippen LogP contribution is -2.31. The van der Waals surface area contributed by atoms with Gasteiger partial charge in [-0.2, -0.15) is 0 Å². The summed E-state index contributed by atoms with van der Waals surface area (Å²) < 4.78 is 1.35. The largest absolute Gasteiger partial charge is 0.385 e. The van der Waals surface area contributed by atoms with E-state index in [-0.39, 0.29) is 5.82 Å². The molecule has 0 saturated heterocycles. The fraction of sp³-hybridized carbons (Fsp3) is 0.133. The molecular formula is C15H14N4O2. The Hall–Kier alpha value is -2.89. The van der Waals surface area contributed by atoms with Crippen LogP contribution < -0.4 is 17.0 Å². The van der Waals surface area contributed by atoms with Gasteiger partial charge in [-0.15, -0.1) is 0 Å². The van der Waals surface area contributed by atoms with E-state index in [9.17, 15) is 9.59 Å². The van der Waals surface area contributed by atoms with E-state index in [2.05, 4.69) is 9.97 Å². The van der Waals surface area contributed by atoms with Gasteiger partial charge >= 0.3 is 5.69 Å². The number of anilines is 1. The lowest BCUT2D eigenvalue weighted by molar-refractivity contribution is 0.656.